The summed E-state index contributed by atoms with van der Waals surface area (Å²) >= 11 is 0. The molecule has 0 saturated carbocycles. The first-order valence-corrected chi connectivity index (χ1v) is 13.9. The molecule has 39 heavy (non-hydrogen) atoms. The van der Waals surface area contributed by atoms with Crippen LogP contribution < -0.4 is 20.5 Å². The van der Waals surface area contributed by atoms with Crippen molar-refractivity contribution in [3.05, 3.63) is 18.0 Å². The predicted molar refractivity (Wildman–Crippen MR) is 148 cm³/mol. The summed E-state index contributed by atoms with van der Waals surface area (Å²) < 4.78 is 21.7. The predicted octanol–water partition coefficient (Wildman–Crippen LogP) is 3.40. The van der Waals surface area contributed by atoms with E-state index in [4.69, 9.17) is 24.7 Å². The van der Waals surface area contributed by atoms with E-state index in [0.717, 1.165) is 57.0 Å². The molecule has 4 rings (SSSR count). The highest BCUT2D eigenvalue weighted by molar-refractivity contribution is 5.68. The SMILES string of the molecule is CC(C)(C)OC(=O)N1CCC(CN)C1.CC(C)(C)OC(=O)N1CCC(CNCc2cc3c(cn2)OCCO3)C1. The summed E-state index contributed by atoms with van der Waals surface area (Å²) in [6.45, 7) is 17.6. The first kappa shape index (κ1) is 30.7. The Morgan fingerprint density at radius 3 is 2.03 bits per heavy atom. The maximum absolute atomic E-state index is 12.1. The highest BCUT2D eigenvalue weighted by Crippen LogP contribution is 2.29. The molecule has 0 aromatic carbocycles. The zero-order chi connectivity index (χ0) is 28.6. The average molecular weight is 550 g/mol. The van der Waals surface area contributed by atoms with Crippen LogP contribution in [0, 0.1) is 11.8 Å². The van der Waals surface area contributed by atoms with E-state index < -0.39 is 11.2 Å². The third kappa shape index (κ3) is 10.4. The fourth-order valence-electron chi connectivity index (χ4n) is 4.50. The number of ether oxygens (including phenoxy) is 4. The molecule has 0 radical (unpaired) electrons. The second kappa shape index (κ2) is 13.5. The van der Waals surface area contributed by atoms with Gasteiger partial charge in [0.2, 0.25) is 0 Å². The number of amides is 2. The molecule has 11 heteroatoms. The first-order chi connectivity index (χ1) is 18.3. The zero-order valence-electron chi connectivity index (χ0n) is 24.5. The maximum Gasteiger partial charge on any atom is 0.410 e. The highest BCUT2D eigenvalue weighted by atomic mass is 16.6. The monoisotopic (exact) mass is 549 g/mol. The minimum Gasteiger partial charge on any atom is -0.486 e. The molecule has 1 aromatic rings. The molecule has 3 aliphatic rings. The number of nitrogens with two attached hydrogens (primary N) is 1. The van der Waals surface area contributed by atoms with Gasteiger partial charge in [-0.3, -0.25) is 4.98 Å². The lowest BCUT2D eigenvalue weighted by Crippen LogP contribution is -2.36. The highest BCUT2D eigenvalue weighted by Gasteiger charge is 2.30. The van der Waals surface area contributed by atoms with Crippen LogP contribution in [-0.2, 0) is 16.0 Å². The van der Waals surface area contributed by atoms with Gasteiger partial charge in [0.1, 0.15) is 24.4 Å². The van der Waals surface area contributed by atoms with Gasteiger partial charge in [0.25, 0.3) is 0 Å². The van der Waals surface area contributed by atoms with E-state index in [2.05, 4.69) is 10.3 Å². The van der Waals surface area contributed by atoms with Crippen LogP contribution in [0.5, 0.6) is 11.5 Å². The molecule has 2 unspecified atom stereocenters. The normalized spacial score (nSPS) is 20.8. The maximum atomic E-state index is 12.1. The number of nitrogens with zero attached hydrogens (tertiary/aromatic N) is 3. The lowest BCUT2D eigenvalue weighted by atomic mass is 10.1. The largest absolute Gasteiger partial charge is 0.486 e. The molecule has 2 atom stereocenters. The molecule has 4 heterocycles. The Hall–Kier alpha value is -2.79. The van der Waals surface area contributed by atoms with E-state index in [1.807, 2.05) is 47.6 Å². The Kier molecular flexibility index (Phi) is 10.7. The van der Waals surface area contributed by atoms with Gasteiger partial charge in [-0.05, 0) is 72.8 Å². The van der Waals surface area contributed by atoms with E-state index >= 15 is 0 Å². The molecule has 0 aliphatic carbocycles. The molecule has 220 valence electrons. The minimum absolute atomic E-state index is 0.214. The van der Waals surface area contributed by atoms with Crippen molar-refractivity contribution in [3.8, 4) is 11.5 Å². The van der Waals surface area contributed by atoms with Crippen molar-refractivity contribution in [2.24, 2.45) is 17.6 Å². The van der Waals surface area contributed by atoms with E-state index in [9.17, 15) is 9.59 Å². The first-order valence-electron chi connectivity index (χ1n) is 13.9. The molecule has 2 amide bonds. The van der Waals surface area contributed by atoms with Crippen molar-refractivity contribution in [3.63, 3.8) is 0 Å². The number of nitrogens with one attached hydrogen (secondary N) is 1. The molecule has 0 spiro atoms. The van der Waals surface area contributed by atoms with Gasteiger partial charge in [-0.2, -0.15) is 0 Å². The second-order valence-corrected chi connectivity index (χ2v) is 12.3. The van der Waals surface area contributed by atoms with Gasteiger partial charge >= 0.3 is 12.2 Å². The molecular formula is C28H47N5O6. The summed E-state index contributed by atoms with van der Waals surface area (Å²) in [7, 11) is 0. The average Bonchev–Trinajstić information content (AvgIpc) is 3.52. The topological polar surface area (TPSA) is 128 Å². The molecular weight excluding hydrogens is 502 g/mol. The standard InChI is InChI=1S/C18H27N3O4.C10H20N2O2/c1-18(2,3)25-17(22)21-5-4-13(12-21)9-19-10-14-8-15-16(11-20-14)24-7-6-23-15;1-10(2,3)14-9(13)12-5-4-8(6-11)7-12/h8,11,13,19H,4-7,9-10,12H2,1-3H3;8H,4-7,11H2,1-3H3. The van der Waals surface area contributed by atoms with Crippen LogP contribution in [0.15, 0.2) is 12.3 Å². The number of likely N-dealkylation sites (tertiary alicyclic amines) is 2. The third-order valence-electron chi connectivity index (χ3n) is 6.43. The molecule has 11 nitrogen and oxygen atoms in total. The number of carbonyl (C=O) groups excluding carboxylic acids is 2. The van der Waals surface area contributed by atoms with Crippen LogP contribution >= 0.6 is 0 Å². The fraction of sp³-hybridized carbons (Fsp3) is 0.750. The van der Waals surface area contributed by atoms with Crippen LogP contribution in [-0.4, -0.2) is 90.7 Å². The number of carbonyl (C=O) groups is 2. The van der Waals surface area contributed by atoms with Crippen molar-refractivity contribution in [1.29, 1.82) is 0 Å². The number of hydrogen-bond acceptors (Lipinski definition) is 9. The smallest absolute Gasteiger partial charge is 0.410 e. The molecule has 2 saturated heterocycles. The Balaban J connectivity index is 0.000000255. The van der Waals surface area contributed by atoms with E-state index in [0.29, 0.717) is 43.9 Å². The van der Waals surface area contributed by atoms with Gasteiger partial charge in [0.15, 0.2) is 11.5 Å². The van der Waals surface area contributed by atoms with Gasteiger partial charge < -0.3 is 39.8 Å². The van der Waals surface area contributed by atoms with Gasteiger partial charge in [-0.1, -0.05) is 0 Å². The van der Waals surface area contributed by atoms with E-state index in [1.54, 1.807) is 16.0 Å². The molecule has 3 aliphatic heterocycles. The number of aromatic nitrogens is 1. The number of rotatable bonds is 5. The van der Waals surface area contributed by atoms with Crippen molar-refractivity contribution in [1.82, 2.24) is 20.1 Å². The van der Waals surface area contributed by atoms with Crippen LogP contribution in [0.25, 0.3) is 0 Å². The quantitative estimate of drug-likeness (QED) is 0.568. The van der Waals surface area contributed by atoms with E-state index in [1.165, 1.54) is 0 Å². The Morgan fingerprint density at radius 1 is 0.949 bits per heavy atom. The molecule has 2 fully saturated rings. The van der Waals surface area contributed by atoms with Gasteiger partial charge in [-0.15, -0.1) is 0 Å². The second-order valence-electron chi connectivity index (χ2n) is 12.3. The lowest BCUT2D eigenvalue weighted by Gasteiger charge is -2.24. The molecule has 3 N–H and O–H groups in total. The number of pyridine rings is 1. The minimum atomic E-state index is -0.447. The van der Waals surface area contributed by atoms with Crippen molar-refractivity contribution < 1.29 is 28.5 Å². The van der Waals surface area contributed by atoms with Crippen molar-refractivity contribution in [2.45, 2.75) is 72.1 Å². The van der Waals surface area contributed by atoms with Gasteiger partial charge in [0, 0.05) is 45.3 Å². The number of hydrogen-bond donors (Lipinski definition) is 2. The van der Waals surface area contributed by atoms with Crippen LogP contribution in [0.1, 0.15) is 60.1 Å². The van der Waals surface area contributed by atoms with Crippen molar-refractivity contribution >= 4 is 12.2 Å². The third-order valence-corrected chi connectivity index (χ3v) is 6.43. The van der Waals surface area contributed by atoms with Crippen LogP contribution in [0.3, 0.4) is 0 Å². The summed E-state index contributed by atoms with van der Waals surface area (Å²) in [6, 6.07) is 1.92. The van der Waals surface area contributed by atoms with Crippen molar-refractivity contribution in [2.75, 3.05) is 52.5 Å². The van der Waals surface area contributed by atoms with Crippen LogP contribution in [0.2, 0.25) is 0 Å². The summed E-state index contributed by atoms with van der Waals surface area (Å²) in [5.74, 6) is 2.35. The molecule has 1 aromatic heterocycles. The summed E-state index contributed by atoms with van der Waals surface area (Å²) in [5, 5.41) is 3.42. The summed E-state index contributed by atoms with van der Waals surface area (Å²) in [5.41, 5.74) is 5.62. The Bertz CT molecular complexity index is 961. The summed E-state index contributed by atoms with van der Waals surface area (Å²) in [6.07, 6.45) is 3.26. The Labute approximate surface area is 232 Å². The van der Waals surface area contributed by atoms with Gasteiger partial charge in [-0.25, -0.2) is 9.59 Å². The van der Waals surface area contributed by atoms with E-state index in [-0.39, 0.29) is 12.2 Å². The van der Waals surface area contributed by atoms with Gasteiger partial charge in [0.05, 0.1) is 11.9 Å². The van der Waals surface area contributed by atoms with Crippen LogP contribution in [0.4, 0.5) is 9.59 Å². The Morgan fingerprint density at radius 2 is 1.49 bits per heavy atom. The fourth-order valence-corrected chi connectivity index (χ4v) is 4.50. The lowest BCUT2D eigenvalue weighted by molar-refractivity contribution is 0.0278. The number of fused-ring (bicyclic) bond motifs is 1. The summed E-state index contributed by atoms with van der Waals surface area (Å²) in [4.78, 5) is 31.6. The zero-order valence-corrected chi connectivity index (χ0v) is 24.5. The molecule has 0 bridgehead atoms.